The van der Waals surface area contributed by atoms with Crippen molar-refractivity contribution in [3.8, 4) is 5.75 Å². The number of fused-ring (bicyclic) bond motifs is 6. The van der Waals surface area contributed by atoms with Crippen LogP contribution in [0.2, 0.25) is 0 Å². The van der Waals surface area contributed by atoms with Crippen molar-refractivity contribution in [2.75, 3.05) is 6.61 Å². The summed E-state index contributed by atoms with van der Waals surface area (Å²) in [6, 6.07) is 10.3. The summed E-state index contributed by atoms with van der Waals surface area (Å²) in [4.78, 5) is 13.6. The maximum atomic E-state index is 13.6. The molecule has 0 radical (unpaired) electrons. The topological polar surface area (TPSA) is 50.4 Å². The van der Waals surface area contributed by atoms with Gasteiger partial charge in [0.15, 0.2) is 16.5 Å². The number of aromatic nitrogens is 1. The first-order chi connectivity index (χ1) is 17.6. The third-order valence-corrected chi connectivity index (χ3v) is 12.4. The second-order valence-electron chi connectivity index (χ2n) is 13.6. The zero-order chi connectivity index (χ0) is 26.0. The minimum Gasteiger partial charge on any atom is -0.486 e. The van der Waals surface area contributed by atoms with Gasteiger partial charge in [-0.2, -0.15) is 4.57 Å². The van der Waals surface area contributed by atoms with Crippen LogP contribution >= 0.6 is 22.6 Å². The highest BCUT2D eigenvalue weighted by molar-refractivity contribution is 14.1. The fraction of sp³-hybridized carbons (Fsp3) is 0.688. The first-order valence-corrected chi connectivity index (χ1v) is 16.0. The Balaban J connectivity index is 1.14. The van der Waals surface area contributed by atoms with E-state index in [0.717, 1.165) is 53.2 Å². The van der Waals surface area contributed by atoms with Crippen LogP contribution in [0, 0.1) is 40.4 Å². The van der Waals surface area contributed by atoms with Crippen molar-refractivity contribution >= 4 is 39.3 Å². The standard InChI is InChI=1S/C32H43INO3/c1-30(36)14-15-31(2)22(18-30)6-8-24-25-9-10-27(32(25,3)13-12-26(24)31)29(35)19-37-23-7-11-28-21(17-23)5-4-16-34(28)20-33/h4-5,7,11,16-17,22,24-27,36H,6,8-10,12-15,18-20H2,1-3H3/q+1/t22?,24?,25?,26?,27?,30-,31+,32+/m1/s1. The number of ether oxygens (including phenoxy) is 1. The SMILES string of the molecule is C[C@@]1(O)CC[C@@]2(C)C(CCC3C2CC[C@]2(C)C(C(=O)COc4ccc5c(ccc[n+]5CI)c4)CCC32)C1. The number of alkyl halides is 1. The Kier molecular flexibility index (Phi) is 6.66. The van der Waals surface area contributed by atoms with Gasteiger partial charge in [0.2, 0.25) is 5.52 Å². The maximum Gasteiger partial charge on any atom is 0.213 e. The Morgan fingerprint density at radius 3 is 2.65 bits per heavy atom. The molecule has 0 spiro atoms. The molecule has 4 aliphatic rings. The number of hydrogen-bond acceptors (Lipinski definition) is 3. The number of halogens is 1. The van der Waals surface area contributed by atoms with E-state index in [4.69, 9.17) is 4.74 Å². The lowest BCUT2D eigenvalue weighted by atomic mass is 9.44. The highest BCUT2D eigenvalue weighted by Gasteiger charge is 2.61. The maximum absolute atomic E-state index is 13.6. The third kappa shape index (κ3) is 4.34. The molecule has 0 aliphatic heterocycles. The van der Waals surface area contributed by atoms with E-state index in [2.05, 4.69) is 71.5 Å². The second-order valence-corrected chi connectivity index (χ2v) is 14.3. The Bertz CT molecular complexity index is 1200. The van der Waals surface area contributed by atoms with E-state index < -0.39 is 5.60 Å². The van der Waals surface area contributed by atoms with Crippen LogP contribution in [0.1, 0.15) is 78.6 Å². The largest absolute Gasteiger partial charge is 0.486 e. The van der Waals surface area contributed by atoms with Crippen LogP contribution in [0.4, 0.5) is 0 Å². The zero-order valence-electron chi connectivity index (χ0n) is 22.7. The lowest BCUT2D eigenvalue weighted by Crippen LogP contribution is -2.55. The summed E-state index contributed by atoms with van der Waals surface area (Å²) in [5, 5.41) is 11.9. The molecule has 1 N–H and O–H groups in total. The normalized spacial score (nSPS) is 41.1. The van der Waals surface area contributed by atoms with Gasteiger partial charge in [-0.15, -0.1) is 0 Å². The van der Waals surface area contributed by atoms with E-state index in [1.807, 2.05) is 13.0 Å². The minimum atomic E-state index is -0.479. The molecule has 4 saturated carbocycles. The number of benzene rings is 1. The summed E-state index contributed by atoms with van der Waals surface area (Å²) in [5.41, 5.74) is 1.18. The molecule has 0 bridgehead atoms. The minimum absolute atomic E-state index is 0.111. The van der Waals surface area contributed by atoms with E-state index in [0.29, 0.717) is 23.0 Å². The molecule has 2 aromatic rings. The Morgan fingerprint density at radius 2 is 1.84 bits per heavy atom. The van der Waals surface area contributed by atoms with Gasteiger partial charge in [-0.05, 0) is 140 Å². The van der Waals surface area contributed by atoms with Crippen LogP contribution in [0.25, 0.3) is 10.9 Å². The molecule has 4 fully saturated rings. The van der Waals surface area contributed by atoms with Crippen molar-refractivity contribution in [1.29, 1.82) is 0 Å². The monoisotopic (exact) mass is 616 g/mol. The van der Waals surface area contributed by atoms with Crippen molar-refractivity contribution in [3.05, 3.63) is 36.5 Å². The van der Waals surface area contributed by atoms with E-state index in [-0.39, 0.29) is 17.9 Å². The quantitative estimate of drug-likeness (QED) is 0.227. The van der Waals surface area contributed by atoms with Gasteiger partial charge in [-0.1, -0.05) is 13.8 Å². The molecule has 5 unspecified atom stereocenters. The molecule has 4 aliphatic carbocycles. The summed E-state index contributed by atoms with van der Waals surface area (Å²) in [5.74, 6) is 4.02. The Labute approximate surface area is 235 Å². The third-order valence-electron chi connectivity index (χ3n) is 11.7. The van der Waals surface area contributed by atoms with Crippen LogP contribution in [0.3, 0.4) is 0 Å². The van der Waals surface area contributed by atoms with Crippen molar-refractivity contribution in [3.63, 3.8) is 0 Å². The highest BCUT2D eigenvalue weighted by atomic mass is 127. The summed E-state index contributed by atoms with van der Waals surface area (Å²) in [6.07, 6.45) is 12.3. The number of rotatable bonds is 5. The number of carbonyl (C=O) groups excluding carboxylic acids is 1. The highest BCUT2D eigenvalue weighted by Crippen LogP contribution is 2.68. The predicted molar refractivity (Wildman–Crippen MR) is 155 cm³/mol. The molecule has 4 nitrogen and oxygen atoms in total. The zero-order valence-corrected chi connectivity index (χ0v) is 24.9. The lowest BCUT2D eigenvalue weighted by molar-refractivity contribution is -0.644. The average molecular weight is 617 g/mol. The molecular formula is C32H43INO3+. The van der Waals surface area contributed by atoms with Gasteiger partial charge in [0.05, 0.1) is 11.0 Å². The van der Waals surface area contributed by atoms with Crippen LogP contribution < -0.4 is 9.30 Å². The molecule has 0 saturated heterocycles. The Hall–Kier alpha value is -1.21. The van der Waals surface area contributed by atoms with Crippen LogP contribution in [-0.4, -0.2) is 23.1 Å². The van der Waals surface area contributed by atoms with Gasteiger partial charge >= 0.3 is 0 Å². The molecule has 8 atom stereocenters. The predicted octanol–water partition coefficient (Wildman–Crippen LogP) is 6.88. The van der Waals surface area contributed by atoms with Gasteiger partial charge < -0.3 is 9.84 Å². The number of carbonyl (C=O) groups is 1. The lowest BCUT2D eigenvalue weighted by Gasteiger charge is -2.61. The molecule has 37 heavy (non-hydrogen) atoms. The van der Waals surface area contributed by atoms with E-state index in [9.17, 15) is 9.90 Å². The second kappa shape index (κ2) is 9.46. The summed E-state index contributed by atoms with van der Waals surface area (Å²) in [6.45, 7) is 7.21. The number of aliphatic hydroxyl groups is 1. The fourth-order valence-electron chi connectivity index (χ4n) is 9.67. The molecule has 1 aromatic heterocycles. The average Bonchev–Trinajstić information content (AvgIpc) is 3.24. The molecule has 0 amide bonds. The van der Waals surface area contributed by atoms with Crippen LogP contribution in [0.5, 0.6) is 5.75 Å². The summed E-state index contributed by atoms with van der Waals surface area (Å²) in [7, 11) is 0. The molecule has 1 aromatic carbocycles. The summed E-state index contributed by atoms with van der Waals surface area (Å²) >= 11 is 2.37. The number of Topliss-reactive ketones (excluding diaryl/α,β-unsaturated/α-hetero) is 1. The summed E-state index contributed by atoms with van der Waals surface area (Å²) < 4.78 is 9.23. The van der Waals surface area contributed by atoms with E-state index >= 15 is 0 Å². The first-order valence-electron chi connectivity index (χ1n) is 14.5. The Morgan fingerprint density at radius 1 is 1.03 bits per heavy atom. The van der Waals surface area contributed by atoms with Crippen LogP contribution in [-0.2, 0) is 9.35 Å². The smallest absolute Gasteiger partial charge is 0.213 e. The molecule has 200 valence electrons. The molecular weight excluding hydrogens is 573 g/mol. The van der Waals surface area contributed by atoms with Crippen molar-refractivity contribution in [2.24, 2.45) is 40.4 Å². The van der Waals surface area contributed by atoms with Gasteiger partial charge in [0.1, 0.15) is 12.4 Å². The van der Waals surface area contributed by atoms with Crippen molar-refractivity contribution in [2.45, 2.75) is 88.7 Å². The van der Waals surface area contributed by atoms with E-state index in [1.54, 1.807) is 0 Å². The van der Waals surface area contributed by atoms with Gasteiger partial charge in [0.25, 0.3) is 0 Å². The van der Waals surface area contributed by atoms with Crippen LogP contribution in [0.15, 0.2) is 36.5 Å². The number of hydrogen-bond donors (Lipinski definition) is 1. The first kappa shape index (κ1) is 26.0. The molecule has 1 heterocycles. The number of nitrogens with zero attached hydrogens (tertiary/aromatic N) is 1. The van der Waals surface area contributed by atoms with Gasteiger partial charge in [-0.3, -0.25) is 4.79 Å². The van der Waals surface area contributed by atoms with Gasteiger partial charge in [0, 0.05) is 18.1 Å². The van der Waals surface area contributed by atoms with Crippen molar-refractivity contribution in [1.82, 2.24) is 0 Å². The fourth-order valence-corrected chi connectivity index (χ4v) is 10.3. The molecule has 5 heteroatoms. The van der Waals surface area contributed by atoms with E-state index in [1.165, 1.54) is 37.6 Å². The number of ketones is 1. The van der Waals surface area contributed by atoms with Gasteiger partial charge in [-0.25, -0.2) is 0 Å². The molecule has 6 rings (SSSR count). The number of pyridine rings is 1. The van der Waals surface area contributed by atoms with Crippen molar-refractivity contribution < 1.29 is 19.2 Å².